The van der Waals surface area contributed by atoms with Gasteiger partial charge in [-0.05, 0) is 47.1 Å². The molecule has 6 heteroatoms. The van der Waals surface area contributed by atoms with Gasteiger partial charge < -0.3 is 4.90 Å². The molecule has 168 valence electrons. The zero-order valence-corrected chi connectivity index (χ0v) is 19.0. The quantitative estimate of drug-likeness (QED) is 0.445. The summed E-state index contributed by atoms with van der Waals surface area (Å²) in [5.41, 5.74) is 3.27. The highest BCUT2D eigenvalue weighted by Crippen LogP contribution is 2.29. The Bertz CT molecular complexity index is 1060. The highest BCUT2D eigenvalue weighted by atomic mass is 32.1. The van der Waals surface area contributed by atoms with Gasteiger partial charge in [-0.15, -0.1) is 0 Å². The molecule has 1 aliphatic rings. The predicted octanol–water partition coefficient (Wildman–Crippen LogP) is 4.65. The molecule has 0 radical (unpaired) electrons. The van der Waals surface area contributed by atoms with E-state index in [0.29, 0.717) is 5.11 Å². The van der Waals surface area contributed by atoms with E-state index in [0.717, 1.165) is 31.7 Å². The fraction of sp³-hybridized carbons (Fsp3) is 0.185. The van der Waals surface area contributed by atoms with E-state index in [1.807, 2.05) is 17.0 Å². The van der Waals surface area contributed by atoms with E-state index in [1.54, 1.807) is 18.2 Å². The Kier molecular flexibility index (Phi) is 7.60. The number of hydrogen-bond donors (Lipinski definition) is 1. The number of carbonyl (C=O) groups excluding carboxylic acids is 1. The van der Waals surface area contributed by atoms with Crippen LogP contribution in [0.3, 0.4) is 0 Å². The van der Waals surface area contributed by atoms with Crippen LogP contribution in [0.5, 0.6) is 0 Å². The van der Waals surface area contributed by atoms with Gasteiger partial charge in [0.15, 0.2) is 5.11 Å². The molecule has 0 atom stereocenters. The highest BCUT2D eigenvalue weighted by molar-refractivity contribution is 7.80. The lowest BCUT2D eigenvalue weighted by atomic mass is 9.96. The maximum atomic E-state index is 13.0. The van der Waals surface area contributed by atoms with Gasteiger partial charge in [-0.1, -0.05) is 72.8 Å². The molecule has 33 heavy (non-hydrogen) atoms. The standard InChI is InChI=1S/C27H26FN3OS/c28-24-14-11-21(12-15-24)13-16-25(32)29-27(33)31-19-17-30(18-20-31)26(22-7-3-1-4-8-22)23-9-5-2-6-10-23/h1-16,26H,17-20H2,(H,29,32,33)/b16-13+. The van der Waals surface area contributed by atoms with E-state index < -0.39 is 0 Å². The van der Waals surface area contributed by atoms with E-state index >= 15 is 0 Å². The zero-order valence-electron chi connectivity index (χ0n) is 18.2. The van der Waals surface area contributed by atoms with Crippen molar-refractivity contribution in [2.75, 3.05) is 26.2 Å². The number of piperazine rings is 1. The van der Waals surface area contributed by atoms with Crippen molar-refractivity contribution in [3.8, 4) is 0 Å². The summed E-state index contributed by atoms with van der Waals surface area (Å²) in [5.74, 6) is -0.600. The maximum Gasteiger partial charge on any atom is 0.250 e. The van der Waals surface area contributed by atoms with E-state index in [2.05, 4.69) is 58.7 Å². The summed E-state index contributed by atoms with van der Waals surface area (Å²) in [5, 5.41) is 3.21. The minimum atomic E-state index is -0.307. The predicted molar refractivity (Wildman–Crippen MR) is 134 cm³/mol. The van der Waals surface area contributed by atoms with Crippen molar-refractivity contribution in [1.29, 1.82) is 0 Å². The molecule has 1 aliphatic heterocycles. The topological polar surface area (TPSA) is 35.6 Å². The number of nitrogens with zero attached hydrogens (tertiary/aromatic N) is 2. The maximum absolute atomic E-state index is 13.0. The molecule has 0 aliphatic carbocycles. The molecule has 1 fully saturated rings. The van der Waals surface area contributed by atoms with Crippen LogP contribution in [0.25, 0.3) is 6.08 Å². The van der Waals surface area contributed by atoms with E-state index in [4.69, 9.17) is 12.2 Å². The second-order valence-electron chi connectivity index (χ2n) is 7.93. The molecule has 4 rings (SSSR count). The lowest BCUT2D eigenvalue weighted by Crippen LogP contribution is -2.53. The third-order valence-electron chi connectivity index (χ3n) is 5.72. The summed E-state index contributed by atoms with van der Waals surface area (Å²) < 4.78 is 13.0. The van der Waals surface area contributed by atoms with Crippen molar-refractivity contribution in [2.24, 2.45) is 0 Å². The molecular formula is C27H26FN3OS. The van der Waals surface area contributed by atoms with Gasteiger partial charge in [0.05, 0.1) is 6.04 Å². The number of amides is 1. The summed E-state index contributed by atoms with van der Waals surface area (Å²) in [6.45, 7) is 3.12. The number of rotatable bonds is 5. The number of benzene rings is 3. The molecule has 4 nitrogen and oxygen atoms in total. The van der Waals surface area contributed by atoms with Gasteiger partial charge in [0, 0.05) is 32.3 Å². The van der Waals surface area contributed by atoms with Crippen LogP contribution in [-0.4, -0.2) is 47.0 Å². The molecule has 1 saturated heterocycles. The van der Waals surface area contributed by atoms with Gasteiger partial charge in [0.1, 0.15) is 5.82 Å². The fourth-order valence-corrected chi connectivity index (χ4v) is 4.32. The summed E-state index contributed by atoms with van der Waals surface area (Å²) in [7, 11) is 0. The Morgan fingerprint density at radius 2 is 1.39 bits per heavy atom. The van der Waals surface area contributed by atoms with Gasteiger partial charge >= 0.3 is 0 Å². The minimum absolute atomic E-state index is 0.177. The molecule has 1 amide bonds. The van der Waals surface area contributed by atoms with E-state index in [1.165, 1.54) is 29.3 Å². The number of thiocarbonyl (C=S) groups is 1. The van der Waals surface area contributed by atoms with Crippen LogP contribution in [0.4, 0.5) is 4.39 Å². The molecule has 3 aromatic carbocycles. The van der Waals surface area contributed by atoms with Crippen LogP contribution < -0.4 is 5.32 Å². The molecule has 0 saturated carbocycles. The molecular weight excluding hydrogens is 433 g/mol. The molecule has 0 spiro atoms. The summed E-state index contributed by atoms with van der Waals surface area (Å²) >= 11 is 5.48. The summed E-state index contributed by atoms with van der Waals surface area (Å²) in [6, 6.07) is 27.2. The first kappa shape index (κ1) is 22.8. The largest absolute Gasteiger partial charge is 0.346 e. The second kappa shape index (κ2) is 11.0. The van der Waals surface area contributed by atoms with Crippen LogP contribution in [0.2, 0.25) is 0 Å². The first-order valence-corrected chi connectivity index (χ1v) is 11.4. The summed E-state index contributed by atoms with van der Waals surface area (Å²) in [4.78, 5) is 16.8. The van der Waals surface area contributed by atoms with Gasteiger partial charge in [0.25, 0.3) is 0 Å². The normalized spacial score (nSPS) is 14.5. The molecule has 0 bridgehead atoms. The van der Waals surface area contributed by atoms with Gasteiger partial charge in [-0.2, -0.15) is 0 Å². The second-order valence-corrected chi connectivity index (χ2v) is 8.31. The van der Waals surface area contributed by atoms with Crippen molar-refractivity contribution < 1.29 is 9.18 Å². The monoisotopic (exact) mass is 459 g/mol. The van der Waals surface area contributed by atoms with Gasteiger partial charge in [-0.25, -0.2) is 4.39 Å². The van der Waals surface area contributed by atoms with Crippen molar-refractivity contribution in [3.05, 3.63) is 114 Å². The van der Waals surface area contributed by atoms with Crippen molar-refractivity contribution in [3.63, 3.8) is 0 Å². The zero-order chi connectivity index (χ0) is 23.0. The number of carbonyl (C=O) groups is 1. The number of nitrogens with one attached hydrogen (secondary N) is 1. The third kappa shape index (κ3) is 6.12. The lowest BCUT2D eigenvalue weighted by molar-refractivity contribution is -0.115. The molecule has 1 N–H and O–H groups in total. The Hall–Kier alpha value is -3.35. The van der Waals surface area contributed by atoms with E-state index in [9.17, 15) is 9.18 Å². The van der Waals surface area contributed by atoms with Crippen LogP contribution in [-0.2, 0) is 4.79 Å². The Morgan fingerprint density at radius 1 is 0.848 bits per heavy atom. The molecule has 1 heterocycles. The fourth-order valence-electron chi connectivity index (χ4n) is 4.04. The summed E-state index contributed by atoms with van der Waals surface area (Å²) in [6.07, 6.45) is 3.05. The smallest absolute Gasteiger partial charge is 0.250 e. The van der Waals surface area contributed by atoms with Crippen LogP contribution in [0, 0.1) is 5.82 Å². The highest BCUT2D eigenvalue weighted by Gasteiger charge is 2.27. The van der Waals surface area contributed by atoms with Crippen LogP contribution in [0.15, 0.2) is 91.0 Å². The Morgan fingerprint density at radius 3 is 1.94 bits per heavy atom. The molecule has 0 aromatic heterocycles. The average molecular weight is 460 g/mol. The number of hydrogen-bond acceptors (Lipinski definition) is 3. The van der Waals surface area contributed by atoms with Gasteiger partial charge in [-0.3, -0.25) is 15.0 Å². The average Bonchev–Trinajstić information content (AvgIpc) is 2.85. The first-order chi connectivity index (χ1) is 16.1. The van der Waals surface area contributed by atoms with Gasteiger partial charge in [0.2, 0.25) is 5.91 Å². The van der Waals surface area contributed by atoms with Crippen molar-refractivity contribution >= 4 is 29.3 Å². The first-order valence-electron chi connectivity index (χ1n) is 11.0. The third-order valence-corrected chi connectivity index (χ3v) is 6.08. The number of halogens is 1. The van der Waals surface area contributed by atoms with Crippen molar-refractivity contribution in [2.45, 2.75) is 6.04 Å². The van der Waals surface area contributed by atoms with Crippen LogP contribution >= 0.6 is 12.2 Å². The minimum Gasteiger partial charge on any atom is -0.346 e. The SMILES string of the molecule is O=C(/C=C/c1ccc(F)cc1)NC(=S)N1CCN(C(c2ccccc2)c2ccccc2)CC1. The Balaban J connectivity index is 1.35. The van der Waals surface area contributed by atoms with Crippen LogP contribution in [0.1, 0.15) is 22.7 Å². The lowest BCUT2D eigenvalue weighted by Gasteiger charge is -2.40. The molecule has 3 aromatic rings. The van der Waals surface area contributed by atoms with Crippen molar-refractivity contribution in [1.82, 2.24) is 15.1 Å². The van der Waals surface area contributed by atoms with E-state index in [-0.39, 0.29) is 17.8 Å². The Labute approximate surface area is 199 Å². The molecule has 0 unspecified atom stereocenters.